The van der Waals surface area contributed by atoms with E-state index in [2.05, 4.69) is 18.8 Å². The zero-order valence-electron chi connectivity index (χ0n) is 6.05. The molecule has 2 heteroatoms. The largest absolute Gasteiger partial charge is 0.192 e. The van der Waals surface area contributed by atoms with Crippen LogP contribution < -0.4 is 0 Å². The molecule has 1 aromatic heterocycles. The Balaban J connectivity index is 3.20. The van der Waals surface area contributed by atoms with E-state index in [9.17, 15) is 0 Å². The van der Waals surface area contributed by atoms with E-state index in [1.54, 1.807) is 0 Å². The van der Waals surface area contributed by atoms with E-state index in [1.165, 1.54) is 11.1 Å². The molecule has 0 radical (unpaired) electrons. The highest BCUT2D eigenvalue weighted by molar-refractivity contribution is 7.30. The molecular formula is C8H8NP. The van der Waals surface area contributed by atoms with E-state index in [1.807, 2.05) is 13.0 Å². The smallest absolute Gasteiger partial charge is 0.104 e. The highest BCUT2D eigenvalue weighted by Crippen LogP contribution is 2.18. The van der Waals surface area contributed by atoms with Gasteiger partial charge in [-0.3, -0.25) is 0 Å². The number of nitriles is 1. The molecule has 0 spiro atoms. The lowest BCUT2D eigenvalue weighted by Gasteiger charge is -1.96. The van der Waals surface area contributed by atoms with Gasteiger partial charge in [0.25, 0.3) is 0 Å². The van der Waals surface area contributed by atoms with Crippen LogP contribution in [0.3, 0.4) is 0 Å². The Bertz CT molecular complexity index is 286. The van der Waals surface area contributed by atoms with Crippen LogP contribution in [0.4, 0.5) is 0 Å². The van der Waals surface area contributed by atoms with Crippen LogP contribution in [0.25, 0.3) is 0 Å². The molecule has 0 aliphatic carbocycles. The van der Waals surface area contributed by atoms with Crippen molar-refractivity contribution < 1.29 is 0 Å². The van der Waals surface area contributed by atoms with Gasteiger partial charge in [0.2, 0.25) is 0 Å². The average molecular weight is 149 g/mol. The first-order valence-electron chi connectivity index (χ1n) is 3.07. The fourth-order valence-corrected chi connectivity index (χ4v) is 1.55. The molecule has 0 saturated carbocycles. The summed E-state index contributed by atoms with van der Waals surface area (Å²) in [5.41, 5.74) is 2.48. The van der Waals surface area contributed by atoms with Gasteiger partial charge in [-0.25, -0.2) is 0 Å². The topological polar surface area (TPSA) is 23.8 Å². The Kier molecular flexibility index (Phi) is 2.04. The molecule has 0 N–H and O–H groups in total. The van der Waals surface area contributed by atoms with Gasteiger partial charge in [-0.1, -0.05) is 8.19 Å². The Morgan fingerprint density at radius 2 is 2.10 bits per heavy atom. The Hall–Kier alpha value is -0.860. The van der Waals surface area contributed by atoms with Crippen molar-refractivity contribution in [1.29, 1.82) is 5.26 Å². The first-order chi connectivity index (χ1) is 4.74. The van der Waals surface area contributed by atoms with E-state index in [-0.39, 0.29) is 0 Å². The Labute approximate surface area is 62.4 Å². The summed E-state index contributed by atoms with van der Waals surface area (Å²) in [6, 6.07) is 4.08. The van der Waals surface area contributed by atoms with Crippen LogP contribution >= 0.6 is 8.19 Å². The van der Waals surface area contributed by atoms with Crippen molar-refractivity contribution in [3.05, 3.63) is 28.3 Å². The van der Waals surface area contributed by atoms with Crippen molar-refractivity contribution in [3.63, 3.8) is 0 Å². The summed E-state index contributed by atoms with van der Waals surface area (Å²) in [4.78, 5) is 0. The second-order valence-electron chi connectivity index (χ2n) is 2.27. The number of hydrogen-bond donors (Lipinski definition) is 0. The summed E-state index contributed by atoms with van der Waals surface area (Å²) < 4.78 is 0. The van der Waals surface area contributed by atoms with Crippen molar-refractivity contribution in [2.75, 3.05) is 0 Å². The van der Waals surface area contributed by atoms with Crippen molar-refractivity contribution in [2.45, 2.75) is 13.8 Å². The summed E-state index contributed by atoms with van der Waals surface area (Å²) in [5, 5.41) is 9.36. The third kappa shape index (κ3) is 1.35. The lowest BCUT2D eigenvalue weighted by molar-refractivity contribution is 1.37. The van der Waals surface area contributed by atoms with Gasteiger partial charge in [0.15, 0.2) is 0 Å². The van der Waals surface area contributed by atoms with Crippen LogP contribution in [0.2, 0.25) is 0 Å². The van der Waals surface area contributed by atoms with Gasteiger partial charge in [-0.05, 0) is 36.8 Å². The summed E-state index contributed by atoms with van der Waals surface area (Å²) in [5.74, 6) is 2.06. The average Bonchev–Trinajstić information content (AvgIpc) is 1.95. The molecule has 1 nitrogen and oxygen atoms in total. The molecule has 1 heterocycles. The van der Waals surface area contributed by atoms with Crippen molar-refractivity contribution >= 4 is 8.19 Å². The van der Waals surface area contributed by atoms with Gasteiger partial charge in [-0.15, -0.1) is 0 Å². The van der Waals surface area contributed by atoms with Gasteiger partial charge in [-0.2, -0.15) is 5.26 Å². The third-order valence-electron chi connectivity index (χ3n) is 1.49. The number of aryl methyl sites for hydroxylation is 2. The van der Waals surface area contributed by atoms with E-state index in [4.69, 9.17) is 5.26 Å². The maximum Gasteiger partial charge on any atom is 0.104 e. The van der Waals surface area contributed by atoms with E-state index in [0.29, 0.717) is 0 Å². The quantitative estimate of drug-likeness (QED) is 0.556. The SMILES string of the molecule is Cc1cpc(C#N)cc1C. The zero-order chi connectivity index (χ0) is 7.56. The normalized spacial score (nSPS) is 9.70. The van der Waals surface area contributed by atoms with Gasteiger partial charge >= 0.3 is 0 Å². The highest BCUT2D eigenvalue weighted by Gasteiger charge is 1.93. The van der Waals surface area contributed by atoms with Crippen LogP contribution in [0.5, 0.6) is 0 Å². The maximum atomic E-state index is 8.53. The van der Waals surface area contributed by atoms with Crippen LogP contribution in [0, 0.1) is 25.2 Å². The molecule has 0 aromatic carbocycles. The molecule has 50 valence electrons. The predicted octanol–water partition coefficient (Wildman–Crippen LogP) is 2.76. The summed E-state index contributed by atoms with van der Waals surface area (Å²) in [7, 11) is 1.03. The van der Waals surface area contributed by atoms with Gasteiger partial charge in [0.1, 0.15) is 6.07 Å². The van der Waals surface area contributed by atoms with Crippen LogP contribution in [0.15, 0.2) is 11.9 Å². The first kappa shape index (κ1) is 7.25. The molecule has 0 amide bonds. The fourth-order valence-electron chi connectivity index (χ4n) is 0.686. The molecule has 10 heavy (non-hydrogen) atoms. The molecule has 0 unspecified atom stereocenters. The van der Waals surface area contributed by atoms with E-state index >= 15 is 0 Å². The minimum Gasteiger partial charge on any atom is -0.192 e. The van der Waals surface area contributed by atoms with Gasteiger partial charge in [0, 0.05) is 0 Å². The van der Waals surface area contributed by atoms with E-state index < -0.39 is 0 Å². The lowest BCUT2D eigenvalue weighted by atomic mass is 10.2. The molecule has 0 atom stereocenters. The van der Waals surface area contributed by atoms with Crippen molar-refractivity contribution in [2.24, 2.45) is 0 Å². The summed E-state index contributed by atoms with van der Waals surface area (Å²) in [6.07, 6.45) is 0. The van der Waals surface area contributed by atoms with Crippen molar-refractivity contribution in [1.82, 2.24) is 0 Å². The second kappa shape index (κ2) is 2.82. The van der Waals surface area contributed by atoms with Crippen LogP contribution in [0.1, 0.15) is 16.4 Å². The monoisotopic (exact) mass is 149 g/mol. The molecule has 1 aromatic rings. The Morgan fingerprint density at radius 1 is 1.40 bits per heavy atom. The third-order valence-corrected chi connectivity index (χ3v) is 2.51. The molecule has 0 aliphatic rings. The molecule has 0 saturated heterocycles. The molecule has 0 fully saturated rings. The standard InChI is InChI=1S/C8H8NP/c1-6-3-8(4-9)10-5-7(6)2/h3,5H,1-2H3. The van der Waals surface area contributed by atoms with Crippen molar-refractivity contribution in [3.8, 4) is 6.07 Å². The van der Waals surface area contributed by atoms with E-state index in [0.717, 1.165) is 13.5 Å². The molecule has 0 aliphatic heterocycles. The molecular weight excluding hydrogens is 141 g/mol. The maximum absolute atomic E-state index is 8.53. The first-order valence-corrected chi connectivity index (χ1v) is 4.04. The molecule has 0 bridgehead atoms. The highest BCUT2D eigenvalue weighted by atomic mass is 31.0. The lowest BCUT2D eigenvalue weighted by Crippen LogP contribution is -1.77. The fraction of sp³-hybridized carbons (Fsp3) is 0.250. The summed E-state index contributed by atoms with van der Waals surface area (Å²) >= 11 is 0. The number of nitrogens with zero attached hydrogens (tertiary/aromatic N) is 1. The summed E-state index contributed by atoms with van der Waals surface area (Å²) in [6.45, 7) is 4.09. The van der Waals surface area contributed by atoms with Gasteiger partial charge < -0.3 is 0 Å². The minimum absolute atomic E-state index is 0.836. The Morgan fingerprint density at radius 3 is 2.60 bits per heavy atom. The minimum atomic E-state index is 0.836. The number of hydrogen-bond acceptors (Lipinski definition) is 1. The number of rotatable bonds is 0. The molecule has 1 rings (SSSR count). The second-order valence-corrected chi connectivity index (χ2v) is 3.26. The zero-order valence-corrected chi connectivity index (χ0v) is 6.94. The van der Waals surface area contributed by atoms with Crippen LogP contribution in [-0.4, -0.2) is 0 Å². The van der Waals surface area contributed by atoms with Gasteiger partial charge in [0.05, 0.1) is 5.30 Å². The van der Waals surface area contributed by atoms with Crippen LogP contribution in [-0.2, 0) is 0 Å². The predicted molar refractivity (Wildman–Crippen MR) is 43.1 cm³/mol.